The van der Waals surface area contributed by atoms with Gasteiger partial charge in [0.25, 0.3) is 0 Å². The lowest BCUT2D eigenvalue weighted by molar-refractivity contribution is 0.378. The van der Waals surface area contributed by atoms with E-state index in [1.54, 1.807) is 0 Å². The Bertz CT molecular complexity index is 699. The summed E-state index contributed by atoms with van der Waals surface area (Å²) in [5, 5.41) is 7.55. The van der Waals surface area contributed by atoms with Crippen LogP contribution >= 0.6 is 0 Å². The number of nitrogens with zero attached hydrogens (tertiary/aromatic N) is 5. The number of aromatic nitrogens is 5. The van der Waals surface area contributed by atoms with E-state index in [-0.39, 0.29) is 16.8 Å². The van der Waals surface area contributed by atoms with E-state index in [2.05, 4.69) is 20.2 Å². The van der Waals surface area contributed by atoms with Crippen molar-refractivity contribution in [2.75, 3.05) is 0 Å². The van der Waals surface area contributed by atoms with Gasteiger partial charge in [0, 0.05) is 13.0 Å². The van der Waals surface area contributed by atoms with Crippen molar-refractivity contribution in [3.05, 3.63) is 18.0 Å². The van der Waals surface area contributed by atoms with Gasteiger partial charge in [0.1, 0.15) is 12.1 Å². The molecule has 2 aromatic rings. The summed E-state index contributed by atoms with van der Waals surface area (Å²) in [4.78, 5) is 7.94. The largest absolute Gasteiger partial charge is 0.338 e. The topological polar surface area (TPSA) is 104 Å². The average Bonchev–Trinajstić information content (AvgIpc) is 3.06. The number of hydrogen-bond donors (Lipinski definition) is 0. The van der Waals surface area contributed by atoms with Crippen molar-refractivity contribution in [3.8, 4) is 0 Å². The van der Waals surface area contributed by atoms with Gasteiger partial charge in [-0.3, -0.25) is 0 Å². The lowest BCUT2D eigenvalue weighted by Gasteiger charge is -2.00. The first-order valence-corrected chi connectivity index (χ1v) is 8.11. The maximum atomic E-state index is 12.2. The predicted octanol–water partition coefficient (Wildman–Crippen LogP) is 0.830. The van der Waals surface area contributed by atoms with Crippen LogP contribution in [0.25, 0.3) is 0 Å². The van der Waals surface area contributed by atoms with Crippen LogP contribution in [0.2, 0.25) is 0 Å². The van der Waals surface area contributed by atoms with Gasteiger partial charge >= 0.3 is 0 Å². The highest BCUT2D eigenvalue weighted by Crippen LogP contribution is 2.32. The lowest BCUT2D eigenvalue weighted by Crippen LogP contribution is -2.12. The third kappa shape index (κ3) is 2.45. The highest BCUT2D eigenvalue weighted by atomic mass is 32.2. The third-order valence-electron chi connectivity index (χ3n) is 3.47. The smallest absolute Gasteiger partial charge is 0.245 e. The van der Waals surface area contributed by atoms with E-state index in [1.165, 1.54) is 18.1 Å². The molecule has 0 spiro atoms. The summed E-state index contributed by atoms with van der Waals surface area (Å²) in [7, 11) is -2.09. The van der Waals surface area contributed by atoms with Crippen molar-refractivity contribution in [3.63, 3.8) is 0 Å². The van der Waals surface area contributed by atoms with Crippen LogP contribution in [0.4, 0.5) is 0 Å². The summed E-state index contributed by atoms with van der Waals surface area (Å²) in [5.41, 5.74) is 0. The van der Waals surface area contributed by atoms with Crippen LogP contribution in [0.1, 0.15) is 43.3 Å². The van der Waals surface area contributed by atoms with Gasteiger partial charge in [-0.2, -0.15) is 10.1 Å². The van der Waals surface area contributed by atoms with Gasteiger partial charge in [-0.1, -0.05) is 18.0 Å². The molecule has 1 aliphatic rings. The fraction of sp³-hybridized carbons (Fsp3) is 0.636. The highest BCUT2D eigenvalue weighted by molar-refractivity contribution is 7.90. The van der Waals surface area contributed by atoms with Crippen molar-refractivity contribution >= 4 is 9.84 Å². The molecule has 3 rings (SSSR count). The molecule has 0 aromatic carbocycles. The Morgan fingerprint density at radius 2 is 2.15 bits per heavy atom. The zero-order valence-corrected chi connectivity index (χ0v) is 11.9. The molecule has 0 aliphatic heterocycles. The molecular formula is C11H15N5O3S. The Morgan fingerprint density at radius 1 is 1.40 bits per heavy atom. The highest BCUT2D eigenvalue weighted by Gasteiger charge is 2.27. The molecule has 8 nitrogen and oxygen atoms in total. The van der Waals surface area contributed by atoms with Crippen molar-refractivity contribution in [1.29, 1.82) is 0 Å². The van der Waals surface area contributed by atoms with E-state index in [1.807, 2.05) is 0 Å². The molecule has 1 aliphatic carbocycles. The minimum atomic E-state index is -3.62. The molecule has 2 aromatic heterocycles. The molecular weight excluding hydrogens is 282 g/mol. The zero-order chi connectivity index (χ0) is 14.2. The summed E-state index contributed by atoms with van der Waals surface area (Å²) in [6, 6.07) is 0. The predicted molar refractivity (Wildman–Crippen MR) is 67.4 cm³/mol. The van der Waals surface area contributed by atoms with Crippen LogP contribution in [0, 0.1) is 0 Å². The zero-order valence-electron chi connectivity index (χ0n) is 11.1. The quantitative estimate of drug-likeness (QED) is 0.823. The molecule has 0 unspecified atom stereocenters. The van der Waals surface area contributed by atoms with E-state index in [0.29, 0.717) is 11.7 Å². The Morgan fingerprint density at radius 3 is 2.80 bits per heavy atom. The van der Waals surface area contributed by atoms with Gasteiger partial charge in [-0.05, 0) is 12.8 Å². The van der Waals surface area contributed by atoms with Gasteiger partial charge in [-0.15, -0.1) is 0 Å². The van der Waals surface area contributed by atoms with Gasteiger partial charge in [0.05, 0.1) is 0 Å². The number of sulfone groups is 1. The lowest BCUT2D eigenvalue weighted by atomic mass is 10.1. The Hall–Kier alpha value is -1.77. The maximum Gasteiger partial charge on any atom is 0.245 e. The molecule has 0 N–H and O–H groups in total. The first-order valence-electron chi connectivity index (χ1n) is 6.45. The van der Waals surface area contributed by atoms with Crippen LogP contribution in [0.15, 0.2) is 16.0 Å². The first-order chi connectivity index (χ1) is 9.56. The molecule has 0 amide bonds. The fourth-order valence-electron chi connectivity index (χ4n) is 2.47. The van der Waals surface area contributed by atoms with E-state index in [4.69, 9.17) is 4.52 Å². The van der Waals surface area contributed by atoms with E-state index < -0.39 is 9.84 Å². The minimum absolute atomic E-state index is 0.0990. The van der Waals surface area contributed by atoms with Crippen LogP contribution < -0.4 is 0 Å². The molecule has 1 saturated carbocycles. The van der Waals surface area contributed by atoms with Crippen molar-refractivity contribution in [1.82, 2.24) is 24.9 Å². The summed E-state index contributed by atoms with van der Waals surface area (Å²) >= 11 is 0. The first kappa shape index (κ1) is 13.2. The van der Waals surface area contributed by atoms with Crippen molar-refractivity contribution < 1.29 is 12.9 Å². The summed E-state index contributed by atoms with van der Waals surface area (Å²) in [6.07, 6.45) is 5.59. The van der Waals surface area contributed by atoms with Gasteiger partial charge in [-0.25, -0.2) is 18.1 Å². The Kier molecular flexibility index (Phi) is 3.28. The van der Waals surface area contributed by atoms with E-state index in [0.717, 1.165) is 25.7 Å². The SMILES string of the molecule is Cn1ncnc1S(=O)(=O)Cc1nc(C2CCCC2)no1. The van der Waals surface area contributed by atoms with Crippen LogP contribution in [0.5, 0.6) is 0 Å². The minimum Gasteiger partial charge on any atom is -0.338 e. The average molecular weight is 297 g/mol. The molecule has 1 fully saturated rings. The second-order valence-corrected chi connectivity index (χ2v) is 6.84. The second kappa shape index (κ2) is 4.97. The number of rotatable bonds is 4. The molecule has 108 valence electrons. The monoisotopic (exact) mass is 297 g/mol. The van der Waals surface area contributed by atoms with Gasteiger partial charge < -0.3 is 4.52 Å². The van der Waals surface area contributed by atoms with Crippen LogP contribution in [0.3, 0.4) is 0 Å². The third-order valence-corrected chi connectivity index (χ3v) is 5.02. The molecule has 0 bridgehead atoms. The van der Waals surface area contributed by atoms with E-state index >= 15 is 0 Å². The van der Waals surface area contributed by atoms with Crippen LogP contribution in [-0.2, 0) is 22.6 Å². The van der Waals surface area contributed by atoms with Gasteiger partial charge in [0.2, 0.25) is 20.9 Å². The van der Waals surface area contributed by atoms with Crippen molar-refractivity contribution in [2.45, 2.75) is 42.5 Å². The fourth-order valence-corrected chi connectivity index (χ4v) is 3.70. The Labute approximate surface area is 116 Å². The number of hydrogen-bond acceptors (Lipinski definition) is 7. The molecule has 0 saturated heterocycles. The Balaban J connectivity index is 1.79. The normalized spacial score (nSPS) is 16.9. The van der Waals surface area contributed by atoms with E-state index in [9.17, 15) is 8.42 Å². The van der Waals surface area contributed by atoms with Crippen molar-refractivity contribution in [2.24, 2.45) is 7.05 Å². The molecule has 0 radical (unpaired) electrons. The molecule has 9 heteroatoms. The standard InChI is InChI=1S/C11H15N5O3S/c1-16-11(12-7-13-16)20(17,18)6-9-14-10(15-19-9)8-4-2-3-5-8/h7-8H,2-6H2,1H3. The molecule has 20 heavy (non-hydrogen) atoms. The summed E-state index contributed by atoms with van der Waals surface area (Å²) in [6.45, 7) is 0. The number of aryl methyl sites for hydroxylation is 1. The second-order valence-electron chi connectivity index (χ2n) is 4.95. The molecule has 2 heterocycles. The van der Waals surface area contributed by atoms with Crippen LogP contribution in [-0.4, -0.2) is 33.3 Å². The summed E-state index contributed by atoms with van der Waals surface area (Å²) < 4.78 is 30.6. The summed E-state index contributed by atoms with van der Waals surface area (Å²) in [5.74, 6) is 0.671. The van der Waals surface area contributed by atoms with Gasteiger partial charge in [0.15, 0.2) is 5.82 Å². The molecule has 0 atom stereocenters. The maximum absolute atomic E-state index is 12.2.